The number of carbonyl (C=O) groups excluding carboxylic acids is 2. The third kappa shape index (κ3) is 3.87. The second-order valence-electron chi connectivity index (χ2n) is 8.68. The highest BCUT2D eigenvalue weighted by Crippen LogP contribution is 2.30. The van der Waals surface area contributed by atoms with Gasteiger partial charge >= 0.3 is 0 Å². The van der Waals surface area contributed by atoms with Crippen molar-refractivity contribution in [3.63, 3.8) is 0 Å². The molecule has 3 heterocycles. The lowest BCUT2D eigenvalue weighted by molar-refractivity contribution is -0.133. The third-order valence-electron chi connectivity index (χ3n) is 6.59. The van der Waals surface area contributed by atoms with Crippen molar-refractivity contribution in [1.29, 1.82) is 0 Å². The number of rotatable bonds is 4. The van der Waals surface area contributed by atoms with Gasteiger partial charge in [-0.2, -0.15) is 0 Å². The first kappa shape index (κ1) is 21.6. The summed E-state index contributed by atoms with van der Waals surface area (Å²) in [5.74, 6) is 0.731. The average molecular weight is 439 g/mol. The monoisotopic (exact) mass is 438 g/mol. The Balaban J connectivity index is 1.73. The lowest BCUT2D eigenvalue weighted by atomic mass is 9.99. The van der Waals surface area contributed by atoms with Crippen LogP contribution in [0.2, 0.25) is 0 Å². The predicted molar refractivity (Wildman–Crippen MR) is 127 cm³/mol. The quantitative estimate of drug-likeness (QED) is 0.542. The number of likely N-dealkylation sites (N-methyl/N-ethyl adjacent to an activating group) is 2. The van der Waals surface area contributed by atoms with Gasteiger partial charge in [-0.15, -0.1) is 0 Å². The summed E-state index contributed by atoms with van der Waals surface area (Å²) in [6.45, 7) is 6.35. The maximum atomic E-state index is 13.1. The van der Waals surface area contributed by atoms with E-state index in [0.717, 1.165) is 48.8 Å². The van der Waals surface area contributed by atoms with E-state index in [1.807, 2.05) is 30.3 Å². The fourth-order valence-electron chi connectivity index (χ4n) is 4.53. The zero-order chi connectivity index (χ0) is 22.3. The standard InChI is InChI=1S/C24H30N4O2S/c1-5-17-7-6-8-19-18(13-20-23(30)26(4)24(31)25(20)3)14-28(22(17)19)15-21(29)27-11-9-16(2)10-12-27/h6-8,13-14,16H,5,9-12,15H2,1-4H3/b20-13-. The molecule has 0 saturated carbocycles. The van der Waals surface area contributed by atoms with Crippen LogP contribution < -0.4 is 0 Å². The van der Waals surface area contributed by atoms with Gasteiger partial charge in [-0.1, -0.05) is 32.0 Å². The van der Waals surface area contributed by atoms with Gasteiger partial charge in [-0.25, -0.2) is 0 Å². The van der Waals surface area contributed by atoms with Crippen molar-refractivity contribution in [1.82, 2.24) is 19.3 Å². The molecule has 0 unspecified atom stereocenters. The minimum absolute atomic E-state index is 0.112. The zero-order valence-electron chi connectivity index (χ0n) is 18.7. The molecule has 0 atom stereocenters. The fourth-order valence-corrected chi connectivity index (χ4v) is 4.71. The first-order chi connectivity index (χ1) is 14.8. The first-order valence-corrected chi connectivity index (χ1v) is 11.4. The third-order valence-corrected chi connectivity index (χ3v) is 7.13. The molecule has 0 spiro atoms. The fraction of sp³-hybridized carbons (Fsp3) is 0.458. The molecule has 4 rings (SSSR count). The summed E-state index contributed by atoms with van der Waals surface area (Å²) in [7, 11) is 3.51. The van der Waals surface area contributed by atoms with Crippen LogP contribution in [0.25, 0.3) is 17.0 Å². The van der Waals surface area contributed by atoms with E-state index in [1.54, 1.807) is 11.9 Å². The molecule has 6 nitrogen and oxygen atoms in total. The number of aryl methyl sites for hydroxylation is 1. The Kier molecular flexibility index (Phi) is 5.88. The molecule has 1 aromatic carbocycles. The van der Waals surface area contributed by atoms with Crippen molar-refractivity contribution < 1.29 is 9.59 Å². The number of amides is 2. The zero-order valence-corrected chi connectivity index (χ0v) is 19.5. The van der Waals surface area contributed by atoms with E-state index < -0.39 is 0 Å². The number of likely N-dealkylation sites (tertiary alicyclic amines) is 1. The van der Waals surface area contributed by atoms with E-state index in [4.69, 9.17) is 12.2 Å². The average Bonchev–Trinajstić information content (AvgIpc) is 3.20. The number of hydrogen-bond donors (Lipinski definition) is 0. The maximum Gasteiger partial charge on any atom is 0.276 e. The normalized spacial score (nSPS) is 19.4. The second-order valence-corrected chi connectivity index (χ2v) is 9.04. The summed E-state index contributed by atoms with van der Waals surface area (Å²) in [4.78, 5) is 30.9. The summed E-state index contributed by atoms with van der Waals surface area (Å²) in [6, 6.07) is 6.21. The number of piperidine rings is 1. The van der Waals surface area contributed by atoms with Gasteiger partial charge in [0.1, 0.15) is 12.2 Å². The lowest BCUT2D eigenvalue weighted by Crippen LogP contribution is -2.39. The van der Waals surface area contributed by atoms with Crippen molar-refractivity contribution in [3.8, 4) is 0 Å². The molecule has 0 bridgehead atoms. The van der Waals surface area contributed by atoms with Crippen molar-refractivity contribution in [2.75, 3.05) is 27.2 Å². The van der Waals surface area contributed by atoms with Gasteiger partial charge in [0, 0.05) is 44.3 Å². The Labute approximate surface area is 189 Å². The van der Waals surface area contributed by atoms with Gasteiger partial charge in [-0.3, -0.25) is 14.5 Å². The van der Waals surface area contributed by atoms with Crippen LogP contribution in [-0.4, -0.2) is 63.4 Å². The van der Waals surface area contributed by atoms with E-state index in [9.17, 15) is 9.59 Å². The smallest absolute Gasteiger partial charge is 0.276 e. The Morgan fingerprint density at radius 3 is 2.52 bits per heavy atom. The predicted octanol–water partition coefficient (Wildman–Crippen LogP) is 3.49. The molecule has 2 aliphatic rings. The van der Waals surface area contributed by atoms with Crippen LogP contribution in [0.1, 0.15) is 37.8 Å². The van der Waals surface area contributed by atoms with Gasteiger partial charge in [0.05, 0.1) is 5.52 Å². The van der Waals surface area contributed by atoms with E-state index in [-0.39, 0.29) is 11.8 Å². The van der Waals surface area contributed by atoms with Crippen LogP contribution in [0.15, 0.2) is 30.1 Å². The van der Waals surface area contributed by atoms with Crippen molar-refractivity contribution in [2.45, 2.75) is 39.7 Å². The Morgan fingerprint density at radius 1 is 1.19 bits per heavy atom. The largest absolute Gasteiger partial charge is 0.341 e. The van der Waals surface area contributed by atoms with Crippen molar-refractivity contribution in [2.24, 2.45) is 5.92 Å². The van der Waals surface area contributed by atoms with Gasteiger partial charge in [-0.05, 0) is 49.0 Å². The minimum Gasteiger partial charge on any atom is -0.341 e. The van der Waals surface area contributed by atoms with E-state index in [1.165, 1.54) is 10.5 Å². The van der Waals surface area contributed by atoms with Crippen LogP contribution in [0.4, 0.5) is 0 Å². The van der Waals surface area contributed by atoms with Crippen LogP contribution in [0, 0.1) is 5.92 Å². The molecule has 31 heavy (non-hydrogen) atoms. The molecule has 2 fully saturated rings. The SMILES string of the molecule is CCc1cccc2c(/C=C3/C(=O)N(C)C(=S)N3C)cn(CC(=O)N3CCC(C)CC3)c12. The van der Waals surface area contributed by atoms with Crippen molar-refractivity contribution >= 4 is 46.1 Å². The molecule has 0 N–H and O–H groups in total. The molecule has 2 aromatic rings. The highest BCUT2D eigenvalue weighted by Gasteiger charge is 2.33. The van der Waals surface area contributed by atoms with E-state index in [2.05, 4.69) is 30.5 Å². The molecule has 0 radical (unpaired) electrons. The van der Waals surface area contributed by atoms with Crippen molar-refractivity contribution in [3.05, 3.63) is 41.2 Å². The summed E-state index contributed by atoms with van der Waals surface area (Å²) in [5, 5.41) is 1.54. The molecule has 7 heteroatoms. The van der Waals surface area contributed by atoms with Crippen LogP contribution in [-0.2, 0) is 22.6 Å². The Bertz CT molecular complexity index is 1080. The maximum absolute atomic E-state index is 13.1. The Hall–Kier alpha value is -2.67. The molecule has 164 valence electrons. The van der Waals surface area contributed by atoms with E-state index in [0.29, 0.717) is 23.3 Å². The van der Waals surface area contributed by atoms with Crippen LogP contribution >= 0.6 is 12.2 Å². The van der Waals surface area contributed by atoms with Crippen LogP contribution in [0.3, 0.4) is 0 Å². The minimum atomic E-state index is -0.112. The number of fused-ring (bicyclic) bond motifs is 1. The summed E-state index contributed by atoms with van der Waals surface area (Å²) in [6.07, 6.45) is 6.90. The number of thiocarbonyl (C=S) groups is 1. The summed E-state index contributed by atoms with van der Waals surface area (Å²) < 4.78 is 2.06. The molecule has 2 amide bonds. The number of aromatic nitrogens is 1. The lowest BCUT2D eigenvalue weighted by Gasteiger charge is -2.30. The molecule has 1 aromatic heterocycles. The summed E-state index contributed by atoms with van der Waals surface area (Å²) >= 11 is 5.35. The molecular weight excluding hydrogens is 408 g/mol. The number of para-hydroxylation sites is 1. The molecule has 2 saturated heterocycles. The molecule has 0 aliphatic carbocycles. The molecular formula is C24H30N4O2S. The number of hydrogen-bond acceptors (Lipinski definition) is 3. The van der Waals surface area contributed by atoms with Crippen LogP contribution in [0.5, 0.6) is 0 Å². The van der Waals surface area contributed by atoms with E-state index >= 15 is 0 Å². The summed E-state index contributed by atoms with van der Waals surface area (Å²) in [5.41, 5.74) is 3.74. The number of nitrogens with zero attached hydrogens (tertiary/aromatic N) is 4. The second kappa shape index (κ2) is 8.46. The number of benzene rings is 1. The van der Waals surface area contributed by atoms with Gasteiger partial charge < -0.3 is 14.4 Å². The Morgan fingerprint density at radius 2 is 1.90 bits per heavy atom. The highest BCUT2D eigenvalue weighted by molar-refractivity contribution is 7.80. The molecule has 2 aliphatic heterocycles. The van der Waals surface area contributed by atoms with Gasteiger partial charge in [0.2, 0.25) is 5.91 Å². The number of carbonyl (C=O) groups is 2. The van der Waals surface area contributed by atoms with Gasteiger partial charge in [0.25, 0.3) is 5.91 Å². The first-order valence-electron chi connectivity index (χ1n) is 11.0. The van der Waals surface area contributed by atoms with Gasteiger partial charge in [0.15, 0.2) is 5.11 Å². The topological polar surface area (TPSA) is 48.8 Å². The highest BCUT2D eigenvalue weighted by atomic mass is 32.1.